The smallest absolute Gasteiger partial charge is 0.221 e. The Labute approximate surface area is 136 Å². The van der Waals surface area contributed by atoms with Crippen LogP contribution in [0.15, 0.2) is 53.4 Å². The van der Waals surface area contributed by atoms with Crippen molar-refractivity contribution in [1.29, 1.82) is 0 Å². The predicted molar refractivity (Wildman–Crippen MR) is 91.4 cm³/mol. The molecule has 3 nitrogen and oxygen atoms in total. The van der Waals surface area contributed by atoms with E-state index in [1.165, 1.54) is 10.5 Å². The van der Waals surface area contributed by atoms with Crippen molar-refractivity contribution in [3.05, 3.63) is 59.7 Å². The molecule has 0 saturated carbocycles. The van der Waals surface area contributed by atoms with Crippen molar-refractivity contribution in [1.82, 2.24) is 5.32 Å². The van der Waals surface area contributed by atoms with E-state index in [0.717, 1.165) is 17.1 Å². The lowest BCUT2D eigenvalue weighted by Crippen LogP contribution is -2.23. The number of rotatable bonds is 7. The summed E-state index contributed by atoms with van der Waals surface area (Å²) in [6.45, 7) is 2.57. The van der Waals surface area contributed by atoms with Crippen molar-refractivity contribution in [2.24, 2.45) is 0 Å². The van der Waals surface area contributed by atoms with Crippen LogP contribution in [0.25, 0.3) is 0 Å². The molecule has 2 aromatic carbocycles. The summed E-state index contributed by atoms with van der Waals surface area (Å²) in [5.74, 6) is 1.64. The number of methoxy groups -OCH3 is 1. The fourth-order valence-electron chi connectivity index (χ4n) is 2.03. The summed E-state index contributed by atoms with van der Waals surface area (Å²) >= 11 is 1.70. The zero-order valence-electron chi connectivity index (χ0n) is 13.0. The maximum absolute atomic E-state index is 11.9. The minimum absolute atomic E-state index is 0.0607. The molecule has 0 unspecified atom stereocenters. The van der Waals surface area contributed by atoms with Crippen molar-refractivity contribution < 1.29 is 9.53 Å². The molecule has 0 aliphatic heterocycles. The van der Waals surface area contributed by atoms with Crippen molar-refractivity contribution in [3.63, 3.8) is 0 Å². The average Bonchev–Trinajstić information content (AvgIpc) is 2.55. The van der Waals surface area contributed by atoms with E-state index in [4.69, 9.17) is 4.74 Å². The Morgan fingerprint density at radius 1 is 1.14 bits per heavy atom. The fourth-order valence-corrected chi connectivity index (χ4v) is 2.88. The van der Waals surface area contributed by atoms with Gasteiger partial charge in [0.15, 0.2) is 0 Å². The van der Waals surface area contributed by atoms with Gasteiger partial charge in [-0.05, 0) is 25.1 Å². The Kier molecular flexibility index (Phi) is 6.34. The second-order valence-corrected chi connectivity index (χ2v) is 6.17. The summed E-state index contributed by atoms with van der Waals surface area (Å²) in [7, 11) is 1.64. The summed E-state index contributed by atoms with van der Waals surface area (Å²) in [4.78, 5) is 13.1. The van der Waals surface area contributed by atoms with E-state index < -0.39 is 0 Å². The molecule has 2 aromatic rings. The first kappa shape index (κ1) is 16.4. The van der Waals surface area contributed by atoms with Crippen LogP contribution < -0.4 is 10.1 Å². The van der Waals surface area contributed by atoms with Gasteiger partial charge in [0, 0.05) is 29.2 Å². The fraction of sp³-hybridized carbons (Fsp3) is 0.278. The van der Waals surface area contributed by atoms with Crippen LogP contribution in [0, 0.1) is 6.92 Å². The van der Waals surface area contributed by atoms with Crippen molar-refractivity contribution in [2.45, 2.75) is 24.8 Å². The van der Waals surface area contributed by atoms with Gasteiger partial charge in [-0.25, -0.2) is 0 Å². The molecule has 0 radical (unpaired) electrons. The number of hydrogen-bond donors (Lipinski definition) is 1. The summed E-state index contributed by atoms with van der Waals surface area (Å²) < 4.78 is 5.27. The van der Waals surface area contributed by atoms with Gasteiger partial charge in [-0.1, -0.05) is 35.9 Å². The Bertz CT molecular complexity index is 611. The second kappa shape index (κ2) is 8.49. The van der Waals surface area contributed by atoms with Crippen molar-refractivity contribution in [2.75, 3.05) is 12.9 Å². The summed E-state index contributed by atoms with van der Waals surface area (Å²) in [5.41, 5.74) is 2.24. The number of hydrogen-bond acceptors (Lipinski definition) is 3. The van der Waals surface area contributed by atoms with Gasteiger partial charge >= 0.3 is 0 Å². The minimum atomic E-state index is 0.0607. The van der Waals surface area contributed by atoms with Crippen LogP contribution >= 0.6 is 11.8 Å². The maximum Gasteiger partial charge on any atom is 0.221 e. The lowest BCUT2D eigenvalue weighted by Gasteiger charge is -2.09. The first-order valence-electron chi connectivity index (χ1n) is 7.27. The first-order valence-corrected chi connectivity index (χ1v) is 8.25. The highest BCUT2D eigenvalue weighted by Gasteiger charge is 2.05. The Balaban J connectivity index is 1.73. The number of carbonyl (C=O) groups is 1. The predicted octanol–water partition coefficient (Wildman–Crippen LogP) is 3.80. The molecule has 1 amide bonds. The monoisotopic (exact) mass is 315 g/mol. The number of benzene rings is 2. The lowest BCUT2D eigenvalue weighted by molar-refractivity contribution is -0.120. The van der Waals surface area contributed by atoms with Gasteiger partial charge in [-0.2, -0.15) is 0 Å². The molecular weight excluding hydrogens is 294 g/mol. The molecule has 0 heterocycles. The quantitative estimate of drug-likeness (QED) is 0.790. The van der Waals surface area contributed by atoms with Crippen molar-refractivity contribution >= 4 is 17.7 Å². The molecule has 0 atom stereocenters. The third-order valence-corrected chi connectivity index (χ3v) is 4.30. The maximum atomic E-state index is 11.9. The van der Waals surface area contributed by atoms with Gasteiger partial charge in [-0.3, -0.25) is 4.79 Å². The molecule has 0 aliphatic rings. The number of ether oxygens (including phenoxy) is 1. The van der Waals surface area contributed by atoms with Gasteiger partial charge < -0.3 is 10.1 Å². The number of para-hydroxylation sites is 1. The Morgan fingerprint density at radius 3 is 2.59 bits per heavy atom. The van der Waals surface area contributed by atoms with E-state index in [1.807, 2.05) is 24.3 Å². The molecule has 0 bridgehead atoms. The van der Waals surface area contributed by atoms with E-state index in [0.29, 0.717) is 13.0 Å². The third-order valence-electron chi connectivity index (χ3n) is 3.29. The minimum Gasteiger partial charge on any atom is -0.496 e. The molecule has 1 N–H and O–H groups in total. The zero-order valence-corrected chi connectivity index (χ0v) is 13.8. The Hall–Kier alpha value is -1.94. The van der Waals surface area contributed by atoms with Gasteiger partial charge in [0.1, 0.15) is 5.75 Å². The van der Waals surface area contributed by atoms with E-state index in [1.54, 1.807) is 18.9 Å². The molecule has 0 aliphatic carbocycles. The van der Waals surface area contributed by atoms with E-state index in [2.05, 4.69) is 36.5 Å². The van der Waals surface area contributed by atoms with Crippen LogP contribution in [0.2, 0.25) is 0 Å². The van der Waals surface area contributed by atoms with E-state index >= 15 is 0 Å². The first-order chi connectivity index (χ1) is 10.7. The average molecular weight is 315 g/mol. The highest BCUT2D eigenvalue weighted by atomic mass is 32.2. The molecule has 0 aromatic heterocycles. The van der Waals surface area contributed by atoms with Crippen LogP contribution in [0.4, 0.5) is 0 Å². The van der Waals surface area contributed by atoms with Crippen LogP contribution in [0.3, 0.4) is 0 Å². The molecule has 2 rings (SSSR count). The summed E-state index contributed by atoms with van der Waals surface area (Å²) in [6, 6.07) is 16.1. The second-order valence-electron chi connectivity index (χ2n) is 5.00. The van der Waals surface area contributed by atoms with Gasteiger partial charge in [0.2, 0.25) is 5.91 Å². The number of nitrogens with one attached hydrogen (secondary N) is 1. The molecule has 4 heteroatoms. The van der Waals surface area contributed by atoms with Crippen LogP contribution in [0.5, 0.6) is 5.75 Å². The zero-order chi connectivity index (χ0) is 15.8. The van der Waals surface area contributed by atoms with E-state index in [9.17, 15) is 4.79 Å². The lowest BCUT2D eigenvalue weighted by atomic mass is 10.2. The third kappa shape index (κ3) is 5.11. The summed E-state index contributed by atoms with van der Waals surface area (Å²) in [6.07, 6.45) is 0.508. The molecule has 116 valence electrons. The molecule has 0 fully saturated rings. The molecular formula is C18H21NO2S. The van der Waals surface area contributed by atoms with Crippen LogP contribution in [-0.2, 0) is 11.3 Å². The van der Waals surface area contributed by atoms with Gasteiger partial charge in [0.25, 0.3) is 0 Å². The topological polar surface area (TPSA) is 38.3 Å². The highest BCUT2D eigenvalue weighted by Crippen LogP contribution is 2.19. The number of aryl methyl sites for hydroxylation is 1. The summed E-state index contributed by atoms with van der Waals surface area (Å²) in [5, 5.41) is 2.94. The van der Waals surface area contributed by atoms with E-state index in [-0.39, 0.29) is 5.91 Å². The molecule has 0 saturated heterocycles. The van der Waals surface area contributed by atoms with Crippen molar-refractivity contribution in [3.8, 4) is 5.75 Å². The SMILES string of the molecule is COc1ccccc1CNC(=O)CCSc1ccc(C)cc1. The van der Waals surface area contributed by atoms with Crippen LogP contribution in [0.1, 0.15) is 17.5 Å². The largest absolute Gasteiger partial charge is 0.496 e. The normalized spacial score (nSPS) is 10.3. The number of thioether (sulfide) groups is 1. The molecule has 22 heavy (non-hydrogen) atoms. The highest BCUT2D eigenvalue weighted by molar-refractivity contribution is 7.99. The number of amides is 1. The number of carbonyl (C=O) groups excluding carboxylic acids is 1. The van der Waals surface area contributed by atoms with Crippen LogP contribution in [-0.4, -0.2) is 18.8 Å². The standard InChI is InChI=1S/C18H21NO2S/c1-14-7-9-16(10-8-14)22-12-11-18(20)19-13-15-5-3-4-6-17(15)21-2/h3-10H,11-13H2,1-2H3,(H,19,20). The molecule has 0 spiro atoms. The van der Waals surface area contributed by atoms with Gasteiger partial charge in [-0.15, -0.1) is 11.8 Å². The van der Waals surface area contributed by atoms with Gasteiger partial charge in [0.05, 0.1) is 7.11 Å². The Morgan fingerprint density at radius 2 is 1.86 bits per heavy atom.